The number of nitrogens with zero attached hydrogens (tertiary/aromatic N) is 1. The Morgan fingerprint density at radius 2 is 2.26 bits per heavy atom. The molecular weight excluding hydrogens is 310 g/mol. The van der Waals surface area contributed by atoms with Crippen LogP contribution in [0.1, 0.15) is 26.3 Å². The van der Waals surface area contributed by atoms with Crippen LogP contribution in [0.25, 0.3) is 0 Å². The van der Waals surface area contributed by atoms with Crippen LogP contribution in [0.5, 0.6) is 0 Å². The zero-order valence-corrected chi connectivity index (χ0v) is 13.0. The number of hydrogen-bond donors (Lipinski definition) is 2. The Balaban J connectivity index is 2.60. The molecule has 1 atom stereocenters. The minimum atomic E-state index is -0.513. The molecule has 0 fully saturated rings. The van der Waals surface area contributed by atoms with Gasteiger partial charge in [-0.3, -0.25) is 4.98 Å². The van der Waals surface area contributed by atoms with E-state index < -0.39 is 11.7 Å². The minimum absolute atomic E-state index is 0.173. The van der Waals surface area contributed by atoms with Crippen molar-refractivity contribution in [2.75, 3.05) is 6.54 Å². The van der Waals surface area contributed by atoms with Gasteiger partial charge in [-0.15, -0.1) is 0 Å². The number of pyridine rings is 1. The molecule has 0 radical (unpaired) electrons. The van der Waals surface area contributed by atoms with E-state index in [9.17, 15) is 4.79 Å². The average Bonchev–Trinajstić information content (AvgIpc) is 2.28. The van der Waals surface area contributed by atoms with Gasteiger partial charge in [-0.05, 0) is 54.8 Å². The quantitative estimate of drug-likeness (QED) is 0.888. The fourth-order valence-corrected chi connectivity index (χ4v) is 1.91. The first-order valence-electron chi connectivity index (χ1n) is 6.10. The number of carbonyl (C=O) groups is 1. The van der Waals surface area contributed by atoms with Gasteiger partial charge in [0, 0.05) is 29.5 Å². The maximum Gasteiger partial charge on any atom is 0.407 e. The molecule has 0 aromatic carbocycles. The third kappa shape index (κ3) is 6.02. The molecule has 19 heavy (non-hydrogen) atoms. The largest absolute Gasteiger partial charge is 0.444 e. The van der Waals surface area contributed by atoms with E-state index in [2.05, 4.69) is 26.2 Å². The molecule has 0 aliphatic rings. The molecule has 6 heteroatoms. The number of ether oxygens (including phenoxy) is 1. The third-order valence-electron chi connectivity index (χ3n) is 2.33. The van der Waals surface area contributed by atoms with Crippen LogP contribution < -0.4 is 11.1 Å². The summed E-state index contributed by atoms with van der Waals surface area (Å²) in [5, 5.41) is 2.77. The Labute approximate surface area is 122 Å². The summed E-state index contributed by atoms with van der Waals surface area (Å²) in [7, 11) is 0. The van der Waals surface area contributed by atoms with Gasteiger partial charge in [0.2, 0.25) is 0 Å². The van der Waals surface area contributed by atoms with Crippen LogP contribution in [0, 0.1) is 0 Å². The van der Waals surface area contributed by atoms with Crippen LogP contribution in [0.3, 0.4) is 0 Å². The van der Waals surface area contributed by atoms with Crippen molar-refractivity contribution in [2.45, 2.75) is 38.8 Å². The summed E-state index contributed by atoms with van der Waals surface area (Å²) in [5.41, 5.74) is 6.21. The van der Waals surface area contributed by atoms with Crippen molar-refractivity contribution in [3.63, 3.8) is 0 Å². The summed E-state index contributed by atoms with van der Waals surface area (Å²) in [6, 6.07) is 1.72. The predicted octanol–water partition coefficient (Wildman–Crippen LogP) is 2.24. The zero-order valence-electron chi connectivity index (χ0n) is 11.4. The molecule has 3 N–H and O–H groups in total. The summed E-state index contributed by atoms with van der Waals surface area (Å²) in [4.78, 5) is 15.7. The molecular formula is C13H20BrN3O2. The number of alkyl carbamates (subject to hydrolysis) is 1. The molecule has 1 heterocycles. The van der Waals surface area contributed by atoms with Crippen molar-refractivity contribution >= 4 is 22.0 Å². The molecule has 106 valence electrons. The van der Waals surface area contributed by atoms with Crippen molar-refractivity contribution in [3.05, 3.63) is 28.5 Å². The number of carbonyl (C=O) groups excluding carboxylic acids is 1. The number of aromatic nitrogens is 1. The molecule has 1 aromatic rings. The molecule has 0 bridgehead atoms. The molecule has 0 aliphatic carbocycles. The fraction of sp³-hybridized carbons (Fsp3) is 0.538. The normalized spacial score (nSPS) is 12.9. The average molecular weight is 330 g/mol. The lowest BCUT2D eigenvalue weighted by atomic mass is 10.1. The van der Waals surface area contributed by atoms with Gasteiger partial charge >= 0.3 is 6.09 Å². The van der Waals surface area contributed by atoms with E-state index in [0.29, 0.717) is 13.0 Å². The number of nitrogens with two attached hydrogens (primary N) is 1. The van der Waals surface area contributed by atoms with E-state index in [0.717, 1.165) is 10.0 Å². The Bertz CT molecular complexity index is 432. The van der Waals surface area contributed by atoms with E-state index >= 15 is 0 Å². The van der Waals surface area contributed by atoms with Gasteiger partial charge in [-0.1, -0.05) is 0 Å². The second-order valence-electron chi connectivity index (χ2n) is 5.25. The summed E-state index contributed by atoms with van der Waals surface area (Å²) in [5.74, 6) is 0. The zero-order chi connectivity index (χ0) is 14.5. The fourth-order valence-electron chi connectivity index (χ4n) is 1.50. The number of hydrogen-bond acceptors (Lipinski definition) is 4. The summed E-state index contributed by atoms with van der Waals surface area (Å²) in [6.45, 7) is 5.81. The van der Waals surface area contributed by atoms with Gasteiger partial charge in [0.15, 0.2) is 0 Å². The monoisotopic (exact) mass is 329 g/mol. The lowest BCUT2D eigenvalue weighted by molar-refractivity contribution is 0.0506. The first-order valence-corrected chi connectivity index (χ1v) is 6.89. The van der Waals surface area contributed by atoms with Crippen LogP contribution in [-0.4, -0.2) is 29.3 Å². The van der Waals surface area contributed by atoms with Crippen LogP contribution in [0.15, 0.2) is 22.9 Å². The first kappa shape index (κ1) is 15.9. The predicted molar refractivity (Wildman–Crippen MR) is 77.9 cm³/mol. The van der Waals surface area contributed by atoms with Crippen molar-refractivity contribution in [3.8, 4) is 0 Å². The topological polar surface area (TPSA) is 77.2 Å². The first-order chi connectivity index (χ1) is 8.81. The van der Waals surface area contributed by atoms with Gasteiger partial charge in [0.05, 0.1) is 0 Å². The molecule has 1 amide bonds. The molecule has 0 saturated heterocycles. The highest BCUT2D eigenvalue weighted by Gasteiger charge is 2.19. The van der Waals surface area contributed by atoms with Crippen molar-refractivity contribution in [2.24, 2.45) is 5.73 Å². The Morgan fingerprint density at radius 1 is 1.58 bits per heavy atom. The Morgan fingerprint density at radius 3 is 2.79 bits per heavy atom. The van der Waals surface area contributed by atoms with Crippen LogP contribution in [0.2, 0.25) is 0 Å². The van der Waals surface area contributed by atoms with E-state index in [-0.39, 0.29) is 6.04 Å². The summed E-state index contributed by atoms with van der Waals surface area (Å²) < 4.78 is 6.11. The van der Waals surface area contributed by atoms with Gasteiger partial charge in [0.25, 0.3) is 0 Å². The number of nitrogens with one attached hydrogen (secondary N) is 1. The van der Waals surface area contributed by atoms with Crippen molar-refractivity contribution in [1.82, 2.24) is 10.3 Å². The molecule has 0 aliphatic heterocycles. The maximum absolute atomic E-state index is 11.7. The lowest BCUT2D eigenvalue weighted by Crippen LogP contribution is -2.44. The number of halogens is 1. The SMILES string of the molecule is CC(C)(C)OC(=O)NC(CN)Cc1ccncc1Br. The summed E-state index contributed by atoms with van der Waals surface area (Å²) >= 11 is 3.42. The van der Waals surface area contributed by atoms with Gasteiger partial charge in [-0.2, -0.15) is 0 Å². The highest BCUT2D eigenvalue weighted by atomic mass is 79.9. The minimum Gasteiger partial charge on any atom is -0.444 e. The smallest absolute Gasteiger partial charge is 0.407 e. The second-order valence-corrected chi connectivity index (χ2v) is 6.10. The van der Waals surface area contributed by atoms with Crippen LogP contribution in [-0.2, 0) is 11.2 Å². The molecule has 1 unspecified atom stereocenters. The summed E-state index contributed by atoms with van der Waals surface area (Å²) in [6.07, 6.45) is 3.60. The van der Waals surface area contributed by atoms with E-state index in [1.54, 1.807) is 12.4 Å². The van der Waals surface area contributed by atoms with Crippen molar-refractivity contribution < 1.29 is 9.53 Å². The molecule has 1 rings (SSSR count). The number of amides is 1. The van der Waals surface area contributed by atoms with Gasteiger partial charge < -0.3 is 15.8 Å². The molecule has 1 aromatic heterocycles. The van der Waals surface area contributed by atoms with E-state index in [1.807, 2.05) is 26.8 Å². The lowest BCUT2D eigenvalue weighted by Gasteiger charge is -2.23. The van der Waals surface area contributed by atoms with E-state index in [4.69, 9.17) is 10.5 Å². The van der Waals surface area contributed by atoms with E-state index in [1.165, 1.54) is 0 Å². The second kappa shape index (κ2) is 6.86. The Kier molecular flexibility index (Phi) is 5.75. The van der Waals surface area contributed by atoms with Crippen molar-refractivity contribution in [1.29, 1.82) is 0 Å². The van der Waals surface area contributed by atoms with Gasteiger partial charge in [0.1, 0.15) is 5.60 Å². The molecule has 5 nitrogen and oxygen atoms in total. The van der Waals surface area contributed by atoms with Crippen LogP contribution >= 0.6 is 15.9 Å². The standard InChI is InChI=1S/C13H20BrN3O2/c1-13(2,3)19-12(18)17-10(7-15)6-9-4-5-16-8-11(9)14/h4-5,8,10H,6-7,15H2,1-3H3,(H,17,18). The maximum atomic E-state index is 11.7. The van der Waals surface area contributed by atoms with Gasteiger partial charge in [-0.25, -0.2) is 4.79 Å². The number of rotatable bonds is 4. The highest BCUT2D eigenvalue weighted by Crippen LogP contribution is 2.16. The van der Waals surface area contributed by atoms with Crippen LogP contribution in [0.4, 0.5) is 4.79 Å². The molecule has 0 saturated carbocycles. The highest BCUT2D eigenvalue weighted by molar-refractivity contribution is 9.10. The third-order valence-corrected chi connectivity index (χ3v) is 3.04. The molecule has 0 spiro atoms. The Hall–Kier alpha value is -1.14.